The van der Waals surface area contributed by atoms with E-state index < -0.39 is 0 Å². The van der Waals surface area contributed by atoms with Crippen molar-refractivity contribution >= 4 is 11.6 Å². The van der Waals surface area contributed by atoms with Crippen LogP contribution in [-0.2, 0) is 4.74 Å². The Morgan fingerprint density at radius 1 is 1.59 bits per heavy atom. The summed E-state index contributed by atoms with van der Waals surface area (Å²) in [5, 5.41) is 10.0. The molecule has 0 aliphatic carbocycles. The molecule has 1 aliphatic rings. The highest BCUT2D eigenvalue weighted by Crippen LogP contribution is 2.24. The van der Waals surface area contributed by atoms with Crippen molar-refractivity contribution in [3.8, 4) is 6.07 Å². The van der Waals surface area contributed by atoms with Crippen molar-refractivity contribution in [1.82, 2.24) is 4.90 Å². The molecule has 3 nitrogen and oxygen atoms in total. The van der Waals surface area contributed by atoms with Crippen LogP contribution in [0.4, 0.5) is 0 Å². The molecule has 1 heterocycles. The Bertz CT molecular complexity index is 430. The number of hydrogen-bond donors (Lipinski definition) is 0. The average Bonchev–Trinajstić information content (AvgIpc) is 2.30. The number of ether oxygens (including phenoxy) is 1. The third-order valence-corrected chi connectivity index (χ3v) is 3.16. The van der Waals surface area contributed by atoms with Gasteiger partial charge < -0.3 is 4.74 Å². The second-order valence-electron chi connectivity index (χ2n) is 4.26. The van der Waals surface area contributed by atoms with Crippen molar-refractivity contribution in [1.29, 1.82) is 5.26 Å². The van der Waals surface area contributed by atoms with Crippen LogP contribution in [0.2, 0.25) is 5.02 Å². The van der Waals surface area contributed by atoms with Gasteiger partial charge in [0.1, 0.15) is 6.04 Å². The Balaban J connectivity index is 2.19. The molecule has 1 aromatic carbocycles. The van der Waals surface area contributed by atoms with Crippen LogP contribution in [0, 0.1) is 11.3 Å². The quantitative estimate of drug-likeness (QED) is 0.810. The third-order valence-electron chi connectivity index (χ3n) is 2.92. The van der Waals surface area contributed by atoms with Gasteiger partial charge in [-0.25, -0.2) is 0 Å². The fraction of sp³-hybridized carbons (Fsp3) is 0.462. The summed E-state index contributed by atoms with van der Waals surface area (Å²) in [6.07, 6.45) is 0.179. The maximum absolute atomic E-state index is 9.33. The molecule has 0 radical (unpaired) electrons. The van der Waals surface area contributed by atoms with E-state index in [4.69, 9.17) is 16.3 Å². The lowest BCUT2D eigenvalue weighted by Gasteiger charge is -2.34. The molecule has 0 aromatic heterocycles. The number of hydrogen-bond acceptors (Lipinski definition) is 3. The normalized spacial score (nSPS) is 23.0. The zero-order valence-electron chi connectivity index (χ0n) is 9.77. The number of benzene rings is 1. The Morgan fingerprint density at radius 3 is 3.06 bits per heavy atom. The molecule has 0 amide bonds. The topological polar surface area (TPSA) is 36.3 Å². The van der Waals surface area contributed by atoms with E-state index in [9.17, 15) is 5.26 Å². The standard InChI is InChI=1S/C13H15ClN2O/c1-10-9-16(5-6-17-10)13(8-15)11-3-2-4-12(14)7-11/h2-4,7,10,13H,5-6,9H2,1H3/t10-,13-/m1/s1. The summed E-state index contributed by atoms with van der Waals surface area (Å²) in [5.74, 6) is 0. The first-order chi connectivity index (χ1) is 8.20. The van der Waals surface area contributed by atoms with Gasteiger partial charge >= 0.3 is 0 Å². The van der Waals surface area contributed by atoms with E-state index in [1.807, 2.05) is 31.2 Å². The van der Waals surface area contributed by atoms with Crippen LogP contribution in [0.3, 0.4) is 0 Å². The van der Waals surface area contributed by atoms with Gasteiger partial charge in [0, 0.05) is 18.1 Å². The molecular weight excluding hydrogens is 236 g/mol. The van der Waals surface area contributed by atoms with Crippen molar-refractivity contribution in [2.24, 2.45) is 0 Å². The Hall–Kier alpha value is -1.08. The lowest BCUT2D eigenvalue weighted by atomic mass is 10.1. The lowest BCUT2D eigenvalue weighted by molar-refractivity contribution is -0.0269. The Labute approximate surface area is 107 Å². The Morgan fingerprint density at radius 2 is 2.41 bits per heavy atom. The van der Waals surface area contributed by atoms with Gasteiger partial charge in [0.05, 0.1) is 18.8 Å². The van der Waals surface area contributed by atoms with Gasteiger partial charge in [-0.1, -0.05) is 23.7 Å². The van der Waals surface area contributed by atoms with E-state index in [2.05, 4.69) is 11.0 Å². The number of nitrogens with zero attached hydrogens (tertiary/aromatic N) is 2. The van der Waals surface area contributed by atoms with E-state index in [1.54, 1.807) is 0 Å². The van der Waals surface area contributed by atoms with Crippen LogP contribution >= 0.6 is 11.6 Å². The van der Waals surface area contributed by atoms with Gasteiger partial charge in [-0.15, -0.1) is 0 Å². The summed E-state index contributed by atoms with van der Waals surface area (Å²) >= 11 is 5.96. The lowest BCUT2D eigenvalue weighted by Crippen LogP contribution is -2.42. The summed E-state index contributed by atoms with van der Waals surface area (Å²) in [5.41, 5.74) is 0.953. The largest absolute Gasteiger partial charge is 0.376 e. The Kier molecular flexibility index (Phi) is 4.01. The smallest absolute Gasteiger partial charge is 0.124 e. The molecule has 0 N–H and O–H groups in total. The molecule has 2 rings (SSSR count). The van der Waals surface area contributed by atoms with E-state index in [0.717, 1.165) is 18.7 Å². The number of nitriles is 1. The minimum absolute atomic E-state index is 0.179. The highest BCUT2D eigenvalue weighted by atomic mass is 35.5. The first-order valence-corrected chi connectivity index (χ1v) is 6.09. The highest BCUT2D eigenvalue weighted by molar-refractivity contribution is 6.30. The predicted octanol–water partition coefficient (Wildman–Crippen LogP) is 2.63. The zero-order chi connectivity index (χ0) is 12.3. The number of morpholine rings is 1. The highest BCUT2D eigenvalue weighted by Gasteiger charge is 2.25. The van der Waals surface area contributed by atoms with E-state index >= 15 is 0 Å². The molecule has 17 heavy (non-hydrogen) atoms. The summed E-state index contributed by atoms with van der Waals surface area (Å²) < 4.78 is 5.49. The minimum Gasteiger partial charge on any atom is -0.376 e. The van der Waals surface area contributed by atoms with Crippen LogP contribution in [0.25, 0.3) is 0 Å². The van der Waals surface area contributed by atoms with E-state index in [0.29, 0.717) is 11.6 Å². The fourth-order valence-corrected chi connectivity index (χ4v) is 2.32. The molecule has 1 saturated heterocycles. The third kappa shape index (κ3) is 2.98. The van der Waals surface area contributed by atoms with Crippen molar-refractivity contribution < 1.29 is 4.74 Å². The van der Waals surface area contributed by atoms with Crippen LogP contribution < -0.4 is 0 Å². The maximum Gasteiger partial charge on any atom is 0.124 e. The zero-order valence-corrected chi connectivity index (χ0v) is 10.5. The van der Waals surface area contributed by atoms with Crippen LogP contribution in [0.15, 0.2) is 24.3 Å². The summed E-state index contributed by atoms with van der Waals surface area (Å²) in [6.45, 7) is 4.28. The maximum atomic E-state index is 9.33. The fourth-order valence-electron chi connectivity index (χ4n) is 2.12. The van der Waals surface area contributed by atoms with Crippen LogP contribution in [0.5, 0.6) is 0 Å². The van der Waals surface area contributed by atoms with Gasteiger partial charge in [0.25, 0.3) is 0 Å². The summed E-state index contributed by atoms with van der Waals surface area (Å²) in [6, 6.07) is 9.61. The van der Waals surface area contributed by atoms with Crippen molar-refractivity contribution in [3.05, 3.63) is 34.9 Å². The van der Waals surface area contributed by atoms with E-state index in [-0.39, 0.29) is 12.1 Å². The summed E-state index contributed by atoms with van der Waals surface area (Å²) in [4.78, 5) is 2.14. The molecule has 1 aromatic rings. The summed E-state index contributed by atoms with van der Waals surface area (Å²) in [7, 11) is 0. The average molecular weight is 251 g/mol. The number of rotatable bonds is 2. The SMILES string of the molecule is C[C@@H]1CN([C@H](C#N)c2cccc(Cl)c2)CCO1. The monoisotopic (exact) mass is 250 g/mol. The second kappa shape index (κ2) is 5.50. The molecule has 1 fully saturated rings. The molecule has 90 valence electrons. The molecule has 0 saturated carbocycles. The van der Waals surface area contributed by atoms with Crippen LogP contribution in [0.1, 0.15) is 18.5 Å². The molecule has 0 unspecified atom stereocenters. The molecule has 2 atom stereocenters. The molecule has 0 spiro atoms. The van der Waals surface area contributed by atoms with Gasteiger partial charge in [-0.3, -0.25) is 4.90 Å². The van der Waals surface area contributed by atoms with Gasteiger partial charge in [-0.05, 0) is 24.6 Å². The van der Waals surface area contributed by atoms with Gasteiger partial charge in [0.2, 0.25) is 0 Å². The minimum atomic E-state index is -0.236. The van der Waals surface area contributed by atoms with E-state index in [1.165, 1.54) is 0 Å². The van der Waals surface area contributed by atoms with Gasteiger partial charge in [-0.2, -0.15) is 5.26 Å². The van der Waals surface area contributed by atoms with Crippen molar-refractivity contribution in [2.75, 3.05) is 19.7 Å². The van der Waals surface area contributed by atoms with Crippen molar-refractivity contribution in [3.63, 3.8) is 0 Å². The molecular formula is C13H15ClN2O. The molecule has 1 aliphatic heterocycles. The number of halogens is 1. The first-order valence-electron chi connectivity index (χ1n) is 5.71. The molecule has 0 bridgehead atoms. The van der Waals surface area contributed by atoms with Crippen molar-refractivity contribution in [2.45, 2.75) is 19.1 Å². The second-order valence-corrected chi connectivity index (χ2v) is 4.70. The first kappa shape index (κ1) is 12.4. The molecule has 4 heteroatoms. The van der Waals surface area contributed by atoms with Gasteiger partial charge in [0.15, 0.2) is 0 Å². The predicted molar refractivity (Wildman–Crippen MR) is 66.8 cm³/mol. The van der Waals surface area contributed by atoms with Crippen LogP contribution in [-0.4, -0.2) is 30.7 Å².